The smallest absolute Gasteiger partial charge is 0.241 e. The molecule has 122 valence electrons. The Bertz CT molecular complexity index is 726. The molecule has 0 bridgehead atoms. The van der Waals surface area contributed by atoms with Gasteiger partial charge in [-0.2, -0.15) is 0 Å². The van der Waals surface area contributed by atoms with Gasteiger partial charge in [-0.1, -0.05) is 0 Å². The van der Waals surface area contributed by atoms with Gasteiger partial charge in [-0.05, 0) is 30.4 Å². The summed E-state index contributed by atoms with van der Waals surface area (Å²) >= 11 is 1.75. The van der Waals surface area contributed by atoms with E-state index in [1.54, 1.807) is 18.3 Å². The Morgan fingerprint density at radius 3 is 2.96 bits per heavy atom. The second kappa shape index (κ2) is 5.72. The fourth-order valence-corrected chi connectivity index (χ4v) is 4.36. The van der Waals surface area contributed by atoms with Gasteiger partial charge in [0.15, 0.2) is 0 Å². The zero-order valence-corrected chi connectivity index (χ0v) is 14.0. The lowest BCUT2D eigenvalue weighted by molar-refractivity contribution is -0.142. The zero-order valence-electron chi connectivity index (χ0n) is 13.2. The molecule has 1 saturated carbocycles. The summed E-state index contributed by atoms with van der Waals surface area (Å²) in [4.78, 5) is 16.2. The first-order valence-corrected chi connectivity index (χ1v) is 8.75. The molecule has 2 aromatic rings. The van der Waals surface area contributed by atoms with E-state index in [2.05, 4.69) is 28.6 Å². The highest BCUT2D eigenvalue weighted by molar-refractivity contribution is 7.10. The number of morpholine rings is 1. The summed E-state index contributed by atoms with van der Waals surface area (Å²) in [7, 11) is 0. The van der Waals surface area contributed by atoms with Gasteiger partial charge in [0.2, 0.25) is 17.7 Å². The van der Waals surface area contributed by atoms with Crippen LogP contribution in [0.2, 0.25) is 0 Å². The minimum Gasteiger partial charge on any atom is -0.423 e. The maximum absolute atomic E-state index is 13.0. The van der Waals surface area contributed by atoms with Gasteiger partial charge < -0.3 is 14.1 Å². The summed E-state index contributed by atoms with van der Waals surface area (Å²) < 4.78 is 11.1. The van der Waals surface area contributed by atoms with E-state index in [0.29, 0.717) is 37.5 Å². The Hall–Kier alpha value is -1.73. The number of aryl methyl sites for hydroxylation is 2. The van der Waals surface area contributed by atoms with Gasteiger partial charge in [-0.3, -0.25) is 4.79 Å². The first kappa shape index (κ1) is 14.8. The van der Waals surface area contributed by atoms with Crippen molar-refractivity contribution in [1.29, 1.82) is 0 Å². The number of hydrogen-bond donors (Lipinski definition) is 0. The number of carbonyl (C=O) groups is 1. The van der Waals surface area contributed by atoms with Gasteiger partial charge in [-0.25, -0.2) is 0 Å². The molecule has 6 nitrogen and oxygen atoms in total. The van der Waals surface area contributed by atoms with Crippen LogP contribution in [0, 0.1) is 19.8 Å². The zero-order chi connectivity index (χ0) is 16.0. The van der Waals surface area contributed by atoms with Crippen molar-refractivity contribution >= 4 is 17.2 Å². The van der Waals surface area contributed by atoms with Gasteiger partial charge in [0.25, 0.3) is 0 Å². The second-order valence-electron chi connectivity index (χ2n) is 6.20. The standard InChI is InChI=1S/C16H19N3O3S/c1-9-3-6-23-14(9)11-7-12(11)16(20)19-4-5-21-8-13(19)15-18-17-10(2)22-15/h3,6,11-13H,4-5,7-8H2,1-2H3/t11-,12+,13-/m0/s1. The van der Waals surface area contributed by atoms with Crippen LogP contribution in [0.1, 0.15) is 40.6 Å². The molecule has 3 atom stereocenters. The summed E-state index contributed by atoms with van der Waals surface area (Å²) in [6, 6.07) is 1.86. The fourth-order valence-electron chi connectivity index (χ4n) is 3.25. The molecular formula is C16H19N3O3S. The van der Waals surface area contributed by atoms with Crippen LogP contribution < -0.4 is 0 Å². The van der Waals surface area contributed by atoms with Crippen molar-refractivity contribution in [1.82, 2.24) is 15.1 Å². The summed E-state index contributed by atoms with van der Waals surface area (Å²) in [5, 5.41) is 10.1. The van der Waals surface area contributed by atoms with Crippen LogP contribution in [0.25, 0.3) is 0 Å². The molecule has 2 fully saturated rings. The molecule has 0 N–H and O–H groups in total. The molecule has 0 unspecified atom stereocenters. The highest BCUT2D eigenvalue weighted by atomic mass is 32.1. The number of nitrogens with zero attached hydrogens (tertiary/aromatic N) is 3. The molecule has 7 heteroatoms. The van der Waals surface area contributed by atoms with Crippen molar-refractivity contribution in [3.8, 4) is 0 Å². The molecule has 1 amide bonds. The van der Waals surface area contributed by atoms with Crippen LogP contribution in [-0.4, -0.2) is 40.8 Å². The van der Waals surface area contributed by atoms with E-state index in [-0.39, 0.29) is 17.9 Å². The first-order chi connectivity index (χ1) is 11.1. The Morgan fingerprint density at radius 2 is 2.26 bits per heavy atom. The van der Waals surface area contributed by atoms with Gasteiger partial charge in [0.05, 0.1) is 13.2 Å². The van der Waals surface area contributed by atoms with Crippen molar-refractivity contribution in [2.24, 2.45) is 5.92 Å². The van der Waals surface area contributed by atoms with Gasteiger partial charge >= 0.3 is 0 Å². The molecule has 4 rings (SSSR count). The molecule has 3 heterocycles. The Balaban J connectivity index is 1.52. The topological polar surface area (TPSA) is 68.5 Å². The second-order valence-corrected chi connectivity index (χ2v) is 7.15. The minimum absolute atomic E-state index is 0.0805. The molecule has 0 spiro atoms. The van der Waals surface area contributed by atoms with E-state index >= 15 is 0 Å². The maximum atomic E-state index is 13.0. The molecule has 0 radical (unpaired) electrons. The number of amides is 1. The predicted molar refractivity (Wildman–Crippen MR) is 84.2 cm³/mol. The number of aromatic nitrogens is 2. The molecule has 1 aliphatic carbocycles. The molecule has 0 aromatic carbocycles. The van der Waals surface area contributed by atoms with Crippen LogP contribution in [0.3, 0.4) is 0 Å². The van der Waals surface area contributed by atoms with Crippen molar-refractivity contribution in [3.05, 3.63) is 33.7 Å². The normalized spacial score (nSPS) is 27.2. The molecular weight excluding hydrogens is 314 g/mol. The van der Waals surface area contributed by atoms with Crippen LogP contribution in [0.4, 0.5) is 0 Å². The van der Waals surface area contributed by atoms with Crippen LogP contribution >= 0.6 is 11.3 Å². The van der Waals surface area contributed by atoms with E-state index in [0.717, 1.165) is 6.42 Å². The average Bonchev–Trinajstić information content (AvgIpc) is 3.04. The molecule has 23 heavy (non-hydrogen) atoms. The molecule has 2 aliphatic rings. The molecule has 1 saturated heterocycles. The average molecular weight is 333 g/mol. The van der Waals surface area contributed by atoms with Gasteiger partial charge in [0, 0.05) is 30.2 Å². The Morgan fingerprint density at radius 1 is 1.39 bits per heavy atom. The number of carbonyl (C=O) groups excluding carboxylic acids is 1. The number of hydrogen-bond acceptors (Lipinski definition) is 6. The number of thiophene rings is 1. The van der Waals surface area contributed by atoms with Crippen molar-refractivity contribution < 1.29 is 13.9 Å². The fraction of sp³-hybridized carbons (Fsp3) is 0.562. The number of ether oxygens (including phenoxy) is 1. The third kappa shape index (κ3) is 2.68. The van der Waals surface area contributed by atoms with Crippen molar-refractivity contribution in [3.63, 3.8) is 0 Å². The SMILES string of the molecule is Cc1nnc([C@@H]2COCCN2C(=O)[C@@H]2C[C@@H]2c2sccc2C)o1. The van der Waals surface area contributed by atoms with E-state index in [4.69, 9.17) is 9.15 Å². The summed E-state index contributed by atoms with van der Waals surface area (Å²) in [5.41, 5.74) is 1.29. The lowest BCUT2D eigenvalue weighted by Gasteiger charge is -2.33. The summed E-state index contributed by atoms with van der Waals surface area (Å²) in [6.45, 7) is 5.43. The van der Waals surface area contributed by atoms with E-state index in [1.165, 1.54) is 10.4 Å². The predicted octanol–water partition coefficient (Wildman–Crippen LogP) is 2.45. The lowest BCUT2D eigenvalue weighted by Crippen LogP contribution is -2.44. The minimum atomic E-state index is -0.261. The molecule has 1 aliphatic heterocycles. The third-order valence-electron chi connectivity index (χ3n) is 4.58. The Labute approximate surface area is 138 Å². The van der Waals surface area contributed by atoms with Gasteiger partial charge in [-0.15, -0.1) is 21.5 Å². The maximum Gasteiger partial charge on any atom is 0.241 e. The third-order valence-corrected chi connectivity index (χ3v) is 5.74. The summed E-state index contributed by atoms with van der Waals surface area (Å²) in [5.74, 6) is 1.62. The van der Waals surface area contributed by atoms with Gasteiger partial charge in [0.1, 0.15) is 6.04 Å². The lowest BCUT2D eigenvalue weighted by atomic mass is 10.1. The quantitative estimate of drug-likeness (QED) is 0.863. The largest absolute Gasteiger partial charge is 0.423 e. The van der Waals surface area contributed by atoms with E-state index in [1.807, 2.05) is 4.90 Å². The van der Waals surface area contributed by atoms with E-state index in [9.17, 15) is 4.79 Å². The first-order valence-electron chi connectivity index (χ1n) is 7.87. The van der Waals surface area contributed by atoms with Crippen LogP contribution in [0.5, 0.6) is 0 Å². The number of rotatable bonds is 3. The highest BCUT2D eigenvalue weighted by Crippen LogP contribution is 2.51. The molecule has 2 aromatic heterocycles. The van der Waals surface area contributed by atoms with Crippen molar-refractivity contribution in [2.75, 3.05) is 19.8 Å². The highest BCUT2D eigenvalue weighted by Gasteiger charge is 2.49. The van der Waals surface area contributed by atoms with Crippen LogP contribution in [-0.2, 0) is 9.53 Å². The van der Waals surface area contributed by atoms with Crippen LogP contribution in [0.15, 0.2) is 15.9 Å². The van der Waals surface area contributed by atoms with Crippen molar-refractivity contribution in [2.45, 2.75) is 32.2 Å². The Kier molecular flexibility index (Phi) is 3.69. The van der Waals surface area contributed by atoms with E-state index < -0.39 is 0 Å². The monoisotopic (exact) mass is 333 g/mol. The summed E-state index contributed by atoms with van der Waals surface area (Å²) in [6.07, 6.45) is 0.938.